The van der Waals surface area contributed by atoms with Gasteiger partial charge in [-0.1, -0.05) is 6.92 Å². The number of thiazole rings is 1. The Balaban J connectivity index is 1.45. The third-order valence-electron chi connectivity index (χ3n) is 4.60. The molecule has 1 unspecified atom stereocenters. The highest BCUT2D eigenvalue weighted by Crippen LogP contribution is 2.27. The molecule has 1 aromatic heterocycles. The summed E-state index contributed by atoms with van der Waals surface area (Å²) in [4.78, 5) is 7.15. The highest BCUT2D eigenvalue weighted by Gasteiger charge is 2.32. The predicted octanol–water partition coefficient (Wildman–Crippen LogP) is 2.33. The first-order valence-electron chi connectivity index (χ1n) is 7.75. The Kier molecular flexibility index (Phi) is 4.29. The van der Waals surface area contributed by atoms with Gasteiger partial charge in [-0.05, 0) is 38.1 Å². The van der Waals surface area contributed by atoms with E-state index < -0.39 is 0 Å². The van der Waals surface area contributed by atoms with Crippen molar-refractivity contribution in [3.63, 3.8) is 0 Å². The molecule has 0 amide bonds. The van der Waals surface area contributed by atoms with Crippen molar-refractivity contribution >= 4 is 16.5 Å². The maximum absolute atomic E-state index is 4.50. The van der Waals surface area contributed by atoms with Gasteiger partial charge in [0.15, 0.2) is 5.13 Å². The molecule has 2 fully saturated rings. The Bertz CT molecular complexity index is 431. The maximum atomic E-state index is 4.50. The average Bonchev–Trinajstić information content (AvgIpc) is 3.01. The van der Waals surface area contributed by atoms with Gasteiger partial charge in [0.2, 0.25) is 0 Å². The SMILES string of the molecule is Cc1csc(NC2CCN(CC3(C)CCNC3)CC2)n1. The number of rotatable bonds is 4. The van der Waals surface area contributed by atoms with Crippen LogP contribution in [0.1, 0.15) is 31.9 Å². The van der Waals surface area contributed by atoms with E-state index in [2.05, 4.69) is 39.7 Å². The van der Waals surface area contributed by atoms with Crippen molar-refractivity contribution in [2.45, 2.75) is 39.2 Å². The van der Waals surface area contributed by atoms with Crippen LogP contribution in [0.4, 0.5) is 5.13 Å². The van der Waals surface area contributed by atoms with E-state index in [1.54, 1.807) is 11.3 Å². The molecule has 2 saturated heterocycles. The van der Waals surface area contributed by atoms with E-state index in [4.69, 9.17) is 0 Å². The lowest BCUT2D eigenvalue weighted by atomic mass is 9.88. The van der Waals surface area contributed by atoms with E-state index >= 15 is 0 Å². The van der Waals surface area contributed by atoms with Crippen LogP contribution in [-0.2, 0) is 0 Å². The molecule has 0 spiro atoms. The fraction of sp³-hybridized carbons (Fsp3) is 0.800. The zero-order valence-corrected chi connectivity index (χ0v) is 13.4. The monoisotopic (exact) mass is 294 g/mol. The highest BCUT2D eigenvalue weighted by molar-refractivity contribution is 7.13. The second-order valence-electron chi connectivity index (χ2n) is 6.73. The summed E-state index contributed by atoms with van der Waals surface area (Å²) in [5.41, 5.74) is 1.61. The van der Waals surface area contributed by atoms with Gasteiger partial charge in [0.05, 0.1) is 5.69 Å². The van der Waals surface area contributed by atoms with Gasteiger partial charge < -0.3 is 15.5 Å². The van der Waals surface area contributed by atoms with Gasteiger partial charge in [-0.3, -0.25) is 0 Å². The van der Waals surface area contributed by atoms with Crippen LogP contribution in [-0.4, -0.2) is 48.6 Å². The summed E-state index contributed by atoms with van der Waals surface area (Å²) in [6.45, 7) is 10.6. The smallest absolute Gasteiger partial charge is 0.183 e. The minimum atomic E-state index is 0.493. The largest absolute Gasteiger partial charge is 0.359 e. The number of nitrogens with one attached hydrogen (secondary N) is 2. The molecule has 2 N–H and O–H groups in total. The van der Waals surface area contributed by atoms with Crippen LogP contribution in [0.5, 0.6) is 0 Å². The van der Waals surface area contributed by atoms with Crippen LogP contribution in [0.15, 0.2) is 5.38 Å². The number of piperidine rings is 1. The topological polar surface area (TPSA) is 40.2 Å². The number of likely N-dealkylation sites (tertiary alicyclic amines) is 1. The molecular formula is C15H26N4S. The minimum absolute atomic E-state index is 0.493. The normalized spacial score (nSPS) is 28.9. The second-order valence-corrected chi connectivity index (χ2v) is 7.58. The minimum Gasteiger partial charge on any atom is -0.359 e. The molecule has 3 rings (SSSR count). The van der Waals surface area contributed by atoms with Gasteiger partial charge in [0.1, 0.15) is 0 Å². The fourth-order valence-corrected chi connectivity index (χ4v) is 4.14. The van der Waals surface area contributed by atoms with E-state index in [-0.39, 0.29) is 0 Å². The van der Waals surface area contributed by atoms with Gasteiger partial charge >= 0.3 is 0 Å². The van der Waals surface area contributed by atoms with Gasteiger partial charge in [-0.25, -0.2) is 4.98 Å². The number of nitrogens with zero attached hydrogens (tertiary/aromatic N) is 2. The molecule has 0 bridgehead atoms. The number of hydrogen-bond donors (Lipinski definition) is 2. The van der Waals surface area contributed by atoms with Crippen molar-refractivity contribution in [2.75, 3.05) is 38.0 Å². The van der Waals surface area contributed by atoms with E-state index in [1.165, 1.54) is 52.0 Å². The molecule has 0 radical (unpaired) electrons. The van der Waals surface area contributed by atoms with Crippen molar-refractivity contribution in [2.24, 2.45) is 5.41 Å². The van der Waals surface area contributed by atoms with Crippen molar-refractivity contribution in [1.29, 1.82) is 0 Å². The van der Waals surface area contributed by atoms with Gasteiger partial charge in [0.25, 0.3) is 0 Å². The van der Waals surface area contributed by atoms with Crippen LogP contribution in [0.2, 0.25) is 0 Å². The Morgan fingerprint density at radius 1 is 1.50 bits per heavy atom. The molecule has 0 aliphatic carbocycles. The van der Waals surface area contributed by atoms with Crippen molar-refractivity contribution in [3.8, 4) is 0 Å². The molecule has 4 nitrogen and oxygen atoms in total. The third-order valence-corrected chi connectivity index (χ3v) is 5.49. The molecule has 1 aromatic rings. The van der Waals surface area contributed by atoms with Gasteiger partial charge in [-0.15, -0.1) is 11.3 Å². The summed E-state index contributed by atoms with van der Waals surface area (Å²) in [6, 6.07) is 0.603. The van der Waals surface area contributed by atoms with Crippen molar-refractivity contribution in [1.82, 2.24) is 15.2 Å². The quantitative estimate of drug-likeness (QED) is 0.894. The van der Waals surface area contributed by atoms with E-state index in [0.29, 0.717) is 11.5 Å². The van der Waals surface area contributed by atoms with Crippen molar-refractivity contribution in [3.05, 3.63) is 11.1 Å². The lowest BCUT2D eigenvalue weighted by Crippen LogP contribution is -2.44. The average molecular weight is 294 g/mol. The molecule has 0 saturated carbocycles. The van der Waals surface area contributed by atoms with Crippen LogP contribution in [0, 0.1) is 12.3 Å². The Labute approximate surface area is 126 Å². The molecule has 1 atom stereocenters. The molecule has 112 valence electrons. The molecular weight excluding hydrogens is 268 g/mol. The molecule has 3 heterocycles. The summed E-state index contributed by atoms with van der Waals surface area (Å²) in [5, 5.41) is 10.3. The van der Waals surface area contributed by atoms with E-state index in [9.17, 15) is 0 Å². The first-order valence-corrected chi connectivity index (χ1v) is 8.63. The summed E-state index contributed by atoms with van der Waals surface area (Å²) in [7, 11) is 0. The standard InChI is InChI=1S/C15H26N4S/c1-12-9-20-14(17-12)18-13-3-7-19(8-4-13)11-15(2)5-6-16-10-15/h9,13,16H,3-8,10-11H2,1-2H3,(H,17,18). The van der Waals surface area contributed by atoms with Crippen LogP contribution >= 0.6 is 11.3 Å². The number of aromatic nitrogens is 1. The zero-order valence-electron chi connectivity index (χ0n) is 12.6. The van der Waals surface area contributed by atoms with Crippen LogP contribution < -0.4 is 10.6 Å². The lowest BCUT2D eigenvalue weighted by molar-refractivity contribution is 0.148. The number of aryl methyl sites for hydroxylation is 1. The fourth-order valence-electron chi connectivity index (χ4n) is 3.37. The van der Waals surface area contributed by atoms with E-state index in [1.807, 2.05) is 0 Å². The Hall–Kier alpha value is -0.650. The second kappa shape index (κ2) is 6.00. The predicted molar refractivity (Wildman–Crippen MR) is 85.5 cm³/mol. The number of hydrogen-bond acceptors (Lipinski definition) is 5. The van der Waals surface area contributed by atoms with Crippen LogP contribution in [0.25, 0.3) is 0 Å². The summed E-state index contributed by atoms with van der Waals surface area (Å²) in [5.74, 6) is 0. The molecule has 20 heavy (non-hydrogen) atoms. The van der Waals surface area contributed by atoms with Crippen LogP contribution in [0.3, 0.4) is 0 Å². The number of anilines is 1. The van der Waals surface area contributed by atoms with Crippen molar-refractivity contribution < 1.29 is 0 Å². The summed E-state index contributed by atoms with van der Waals surface area (Å²) in [6.07, 6.45) is 3.80. The first kappa shape index (κ1) is 14.3. The van der Waals surface area contributed by atoms with Gasteiger partial charge in [-0.2, -0.15) is 0 Å². The highest BCUT2D eigenvalue weighted by atomic mass is 32.1. The van der Waals surface area contributed by atoms with Gasteiger partial charge in [0, 0.05) is 37.6 Å². The molecule has 2 aliphatic heterocycles. The van der Waals surface area contributed by atoms with E-state index in [0.717, 1.165) is 10.8 Å². The Morgan fingerprint density at radius 3 is 2.90 bits per heavy atom. The first-order chi connectivity index (χ1) is 9.63. The lowest BCUT2D eigenvalue weighted by Gasteiger charge is -2.37. The summed E-state index contributed by atoms with van der Waals surface area (Å²) < 4.78 is 0. The zero-order chi connectivity index (χ0) is 14.0. The molecule has 2 aliphatic rings. The Morgan fingerprint density at radius 2 is 2.30 bits per heavy atom. The molecule has 0 aromatic carbocycles. The third kappa shape index (κ3) is 3.51. The maximum Gasteiger partial charge on any atom is 0.183 e. The summed E-state index contributed by atoms with van der Waals surface area (Å²) >= 11 is 1.73. The molecule has 5 heteroatoms.